The number of hydrogen-bond acceptors (Lipinski definition) is 4. The Morgan fingerprint density at radius 3 is 2.02 bits per heavy atom. The standard InChI is InChI=1S/C46H27N3OS/c1-3-12-28(13-4-1)35-27-36(29-22-23-39-34(26-29)44-40(50-39)24-25-42-45(44)32-17-8-10-21-41(32)51-42)48-46(47-35)33-18-11-20-38-43(33)31-16-7-9-19-37(31)49(38)30-14-5-2-6-15-30/h1-27H. The first-order valence-electron chi connectivity index (χ1n) is 17.1. The van der Waals surface area contributed by atoms with Crippen LogP contribution in [0, 0.1) is 0 Å². The Morgan fingerprint density at radius 2 is 1.16 bits per heavy atom. The van der Waals surface area contributed by atoms with Gasteiger partial charge in [0.2, 0.25) is 0 Å². The number of thiophene rings is 1. The second-order valence-corrected chi connectivity index (χ2v) is 14.0. The molecule has 5 heteroatoms. The summed E-state index contributed by atoms with van der Waals surface area (Å²) in [6.07, 6.45) is 0. The predicted molar refractivity (Wildman–Crippen MR) is 213 cm³/mol. The molecule has 51 heavy (non-hydrogen) atoms. The molecule has 0 N–H and O–H groups in total. The van der Waals surface area contributed by atoms with Gasteiger partial charge in [0, 0.05) is 64.1 Å². The summed E-state index contributed by atoms with van der Waals surface area (Å²) in [7, 11) is 0. The number of rotatable bonds is 4. The summed E-state index contributed by atoms with van der Waals surface area (Å²) >= 11 is 1.83. The van der Waals surface area contributed by atoms with Crippen LogP contribution in [-0.2, 0) is 0 Å². The smallest absolute Gasteiger partial charge is 0.161 e. The van der Waals surface area contributed by atoms with Crippen LogP contribution in [0.5, 0.6) is 0 Å². The summed E-state index contributed by atoms with van der Waals surface area (Å²) in [5, 5.41) is 7.05. The lowest BCUT2D eigenvalue weighted by atomic mass is 10.0. The first-order chi connectivity index (χ1) is 25.3. The van der Waals surface area contributed by atoms with Gasteiger partial charge in [0.1, 0.15) is 11.2 Å². The lowest BCUT2D eigenvalue weighted by molar-refractivity contribution is 0.669. The van der Waals surface area contributed by atoms with Gasteiger partial charge in [-0.15, -0.1) is 11.3 Å². The van der Waals surface area contributed by atoms with Gasteiger partial charge in [-0.25, -0.2) is 9.97 Å². The number of para-hydroxylation sites is 2. The lowest BCUT2D eigenvalue weighted by Crippen LogP contribution is -1.97. The summed E-state index contributed by atoms with van der Waals surface area (Å²) in [6.45, 7) is 0. The molecule has 0 fully saturated rings. The molecular formula is C46H27N3OS. The molecule has 0 atom stereocenters. The lowest BCUT2D eigenvalue weighted by Gasteiger charge is -2.11. The molecule has 238 valence electrons. The predicted octanol–water partition coefficient (Wildman–Crippen LogP) is 12.8. The maximum Gasteiger partial charge on any atom is 0.161 e. The van der Waals surface area contributed by atoms with Crippen LogP contribution in [0.1, 0.15) is 0 Å². The summed E-state index contributed by atoms with van der Waals surface area (Å²) in [5.74, 6) is 0.691. The molecule has 4 nitrogen and oxygen atoms in total. The molecule has 0 saturated heterocycles. The van der Waals surface area contributed by atoms with Crippen LogP contribution in [0.4, 0.5) is 0 Å². The van der Waals surface area contributed by atoms with Crippen molar-refractivity contribution in [3.63, 3.8) is 0 Å². The maximum absolute atomic E-state index is 6.45. The maximum atomic E-state index is 6.45. The van der Waals surface area contributed by atoms with Crippen molar-refractivity contribution in [3.05, 3.63) is 164 Å². The highest BCUT2D eigenvalue weighted by Crippen LogP contribution is 2.44. The van der Waals surface area contributed by atoms with Crippen molar-refractivity contribution in [2.75, 3.05) is 0 Å². The van der Waals surface area contributed by atoms with Crippen LogP contribution in [0.3, 0.4) is 0 Å². The molecule has 4 aromatic heterocycles. The molecule has 0 spiro atoms. The van der Waals surface area contributed by atoms with Gasteiger partial charge >= 0.3 is 0 Å². The number of nitrogens with zero attached hydrogens (tertiary/aromatic N) is 3. The second-order valence-electron chi connectivity index (χ2n) is 12.9. The second kappa shape index (κ2) is 11.0. The molecule has 0 bridgehead atoms. The van der Waals surface area contributed by atoms with E-state index in [0.29, 0.717) is 5.82 Å². The van der Waals surface area contributed by atoms with Gasteiger partial charge in [-0.1, -0.05) is 97.1 Å². The normalized spacial score (nSPS) is 11.9. The molecule has 11 aromatic rings. The van der Waals surface area contributed by atoms with E-state index in [-0.39, 0.29) is 0 Å². The Labute approximate surface area is 296 Å². The van der Waals surface area contributed by atoms with Crippen LogP contribution in [0.2, 0.25) is 0 Å². The van der Waals surface area contributed by atoms with Gasteiger partial charge in [-0.3, -0.25) is 0 Å². The fraction of sp³-hybridized carbons (Fsp3) is 0. The monoisotopic (exact) mass is 669 g/mol. The minimum absolute atomic E-state index is 0.691. The van der Waals surface area contributed by atoms with E-state index in [1.807, 2.05) is 17.4 Å². The molecule has 0 radical (unpaired) electrons. The van der Waals surface area contributed by atoms with Crippen molar-refractivity contribution < 1.29 is 4.42 Å². The summed E-state index contributed by atoms with van der Waals surface area (Å²) in [5.41, 5.74) is 9.95. The van der Waals surface area contributed by atoms with E-state index >= 15 is 0 Å². The molecule has 0 saturated carbocycles. The van der Waals surface area contributed by atoms with Crippen LogP contribution < -0.4 is 0 Å². The topological polar surface area (TPSA) is 43.9 Å². The molecule has 0 aliphatic rings. The minimum atomic E-state index is 0.691. The van der Waals surface area contributed by atoms with E-state index in [0.717, 1.165) is 72.1 Å². The van der Waals surface area contributed by atoms with Gasteiger partial charge in [0.25, 0.3) is 0 Å². The molecule has 0 aliphatic carbocycles. The SMILES string of the molecule is c1ccc(-c2cc(-c3ccc4oc5ccc6sc7ccccc7c6c5c4c3)nc(-c3cccc4c3c3ccccc3n4-c3ccccc3)n2)cc1. The molecule has 11 rings (SSSR count). The van der Waals surface area contributed by atoms with Gasteiger partial charge in [0.05, 0.1) is 22.4 Å². The molecular weight excluding hydrogens is 643 g/mol. The molecule has 0 aliphatic heterocycles. The van der Waals surface area contributed by atoms with E-state index in [4.69, 9.17) is 14.4 Å². The van der Waals surface area contributed by atoms with E-state index in [9.17, 15) is 0 Å². The Balaban J connectivity index is 1.18. The van der Waals surface area contributed by atoms with Crippen LogP contribution in [0.25, 0.3) is 104 Å². The summed E-state index contributed by atoms with van der Waals surface area (Å²) in [6, 6.07) is 57.5. The van der Waals surface area contributed by atoms with Crippen molar-refractivity contribution in [3.8, 4) is 39.6 Å². The first kappa shape index (κ1) is 28.3. The number of hydrogen-bond donors (Lipinski definition) is 0. The molecule has 7 aromatic carbocycles. The quantitative estimate of drug-likeness (QED) is 0.187. The molecule has 0 amide bonds. The Morgan fingerprint density at radius 1 is 0.451 bits per heavy atom. The molecule has 4 heterocycles. The minimum Gasteiger partial charge on any atom is -0.456 e. The van der Waals surface area contributed by atoms with E-state index in [1.165, 1.54) is 25.6 Å². The average molecular weight is 670 g/mol. The highest BCUT2D eigenvalue weighted by molar-refractivity contribution is 7.26. The Hall–Kier alpha value is -6.56. The number of aromatic nitrogens is 3. The van der Waals surface area contributed by atoms with Crippen LogP contribution in [-0.4, -0.2) is 14.5 Å². The zero-order valence-corrected chi connectivity index (χ0v) is 28.1. The fourth-order valence-corrected chi connectivity index (χ4v) is 8.89. The third kappa shape index (κ3) is 4.32. The number of benzene rings is 7. The zero-order valence-electron chi connectivity index (χ0n) is 27.2. The summed E-state index contributed by atoms with van der Waals surface area (Å²) in [4.78, 5) is 10.6. The van der Waals surface area contributed by atoms with Crippen molar-refractivity contribution >= 4 is 75.3 Å². The average Bonchev–Trinajstić information content (AvgIpc) is 3.87. The van der Waals surface area contributed by atoms with E-state index in [1.54, 1.807) is 0 Å². The third-order valence-electron chi connectivity index (χ3n) is 10.0. The summed E-state index contributed by atoms with van der Waals surface area (Å²) < 4.78 is 11.3. The van der Waals surface area contributed by atoms with Gasteiger partial charge in [-0.05, 0) is 66.7 Å². The Kier molecular flexibility index (Phi) is 6.09. The molecule has 0 unspecified atom stereocenters. The van der Waals surface area contributed by atoms with Crippen molar-refractivity contribution in [2.45, 2.75) is 0 Å². The van der Waals surface area contributed by atoms with E-state index < -0.39 is 0 Å². The Bertz CT molecular complexity index is 3140. The van der Waals surface area contributed by atoms with Crippen LogP contribution >= 0.6 is 11.3 Å². The highest BCUT2D eigenvalue weighted by atomic mass is 32.1. The van der Waals surface area contributed by atoms with Gasteiger partial charge in [-0.2, -0.15) is 0 Å². The van der Waals surface area contributed by atoms with Crippen molar-refractivity contribution in [1.82, 2.24) is 14.5 Å². The third-order valence-corrected chi connectivity index (χ3v) is 11.2. The van der Waals surface area contributed by atoms with E-state index in [2.05, 4.69) is 162 Å². The van der Waals surface area contributed by atoms with Crippen LogP contribution in [0.15, 0.2) is 168 Å². The number of fused-ring (bicyclic) bond motifs is 10. The van der Waals surface area contributed by atoms with Gasteiger partial charge in [0.15, 0.2) is 5.82 Å². The largest absolute Gasteiger partial charge is 0.456 e. The fourth-order valence-electron chi connectivity index (χ4n) is 7.78. The van der Waals surface area contributed by atoms with Crippen molar-refractivity contribution in [1.29, 1.82) is 0 Å². The van der Waals surface area contributed by atoms with Crippen molar-refractivity contribution in [2.24, 2.45) is 0 Å². The first-order valence-corrected chi connectivity index (χ1v) is 17.9. The van der Waals surface area contributed by atoms with Gasteiger partial charge < -0.3 is 8.98 Å². The highest BCUT2D eigenvalue weighted by Gasteiger charge is 2.20. The number of furan rings is 1. The zero-order chi connectivity index (χ0) is 33.5.